The summed E-state index contributed by atoms with van der Waals surface area (Å²) in [6.07, 6.45) is 8.49. The maximum absolute atomic E-state index is 4.55. The molecule has 1 heterocycles. The average Bonchev–Trinajstić information content (AvgIpc) is 2.79. The van der Waals surface area contributed by atoms with Crippen molar-refractivity contribution >= 4 is 0 Å². The maximum Gasteiger partial charge on any atom is 0.109 e. The minimum Gasteiger partial charge on any atom is -0.345 e. The fraction of sp³-hybridized carbons (Fsp3) is 0.786. The van der Waals surface area contributed by atoms with E-state index < -0.39 is 0 Å². The predicted molar refractivity (Wildman–Crippen MR) is 71.0 cm³/mol. The lowest BCUT2D eigenvalue weighted by Gasteiger charge is -2.24. The molecule has 1 aliphatic carbocycles. The van der Waals surface area contributed by atoms with Crippen LogP contribution in [0, 0.1) is 5.92 Å². The Morgan fingerprint density at radius 3 is 2.82 bits per heavy atom. The molecule has 0 atom stereocenters. The van der Waals surface area contributed by atoms with Gasteiger partial charge >= 0.3 is 0 Å². The van der Waals surface area contributed by atoms with Crippen molar-refractivity contribution in [3.8, 4) is 0 Å². The third-order valence-electron chi connectivity index (χ3n) is 3.79. The Labute approximate surface area is 104 Å². The quantitative estimate of drug-likeness (QED) is 0.769. The molecule has 0 aromatic carbocycles. The van der Waals surface area contributed by atoms with Crippen molar-refractivity contribution in [2.45, 2.75) is 58.4 Å². The molecule has 17 heavy (non-hydrogen) atoms. The predicted octanol–water partition coefficient (Wildman–Crippen LogP) is 3.20. The average molecular weight is 235 g/mol. The molecule has 1 aliphatic rings. The number of aromatic amines is 1. The van der Waals surface area contributed by atoms with Gasteiger partial charge in [0.25, 0.3) is 0 Å². The molecule has 0 bridgehead atoms. The number of nitrogens with zero attached hydrogens (tertiary/aromatic N) is 1. The van der Waals surface area contributed by atoms with E-state index in [1.54, 1.807) is 0 Å². The molecule has 1 saturated carbocycles. The zero-order valence-electron chi connectivity index (χ0n) is 11.1. The van der Waals surface area contributed by atoms with E-state index in [0.29, 0.717) is 5.92 Å². The second-order valence-electron chi connectivity index (χ2n) is 5.43. The molecule has 0 spiro atoms. The van der Waals surface area contributed by atoms with Crippen LogP contribution >= 0.6 is 0 Å². The highest BCUT2D eigenvalue weighted by atomic mass is 15.0. The van der Waals surface area contributed by atoms with E-state index >= 15 is 0 Å². The molecule has 3 nitrogen and oxygen atoms in total. The number of rotatable bonds is 5. The number of imidazole rings is 1. The summed E-state index contributed by atoms with van der Waals surface area (Å²) in [4.78, 5) is 8.03. The van der Waals surface area contributed by atoms with Gasteiger partial charge in [0.05, 0.1) is 0 Å². The lowest BCUT2D eigenvalue weighted by Crippen LogP contribution is -2.14. The summed E-state index contributed by atoms with van der Waals surface area (Å²) in [6.45, 7) is 6.55. The van der Waals surface area contributed by atoms with Crippen LogP contribution in [0.15, 0.2) is 6.20 Å². The van der Waals surface area contributed by atoms with Gasteiger partial charge < -0.3 is 10.3 Å². The first-order valence-corrected chi connectivity index (χ1v) is 7.04. The SMILES string of the molecule is CCCNCc1cnc(C2CCC(C)CC2)[nH]1. The van der Waals surface area contributed by atoms with Crippen LogP contribution < -0.4 is 5.32 Å². The van der Waals surface area contributed by atoms with Crippen molar-refractivity contribution in [2.75, 3.05) is 6.54 Å². The van der Waals surface area contributed by atoms with Gasteiger partial charge in [0, 0.05) is 24.4 Å². The van der Waals surface area contributed by atoms with E-state index in [4.69, 9.17) is 0 Å². The van der Waals surface area contributed by atoms with Crippen LogP contribution in [-0.2, 0) is 6.54 Å². The van der Waals surface area contributed by atoms with Crippen molar-refractivity contribution in [1.82, 2.24) is 15.3 Å². The monoisotopic (exact) mass is 235 g/mol. The smallest absolute Gasteiger partial charge is 0.109 e. The molecule has 0 saturated heterocycles. The fourth-order valence-electron chi connectivity index (χ4n) is 2.61. The fourth-order valence-corrected chi connectivity index (χ4v) is 2.61. The Morgan fingerprint density at radius 2 is 2.12 bits per heavy atom. The van der Waals surface area contributed by atoms with Crippen LogP contribution in [0.25, 0.3) is 0 Å². The van der Waals surface area contributed by atoms with Crippen molar-refractivity contribution in [2.24, 2.45) is 5.92 Å². The zero-order valence-corrected chi connectivity index (χ0v) is 11.1. The molecule has 1 aromatic heterocycles. The Balaban J connectivity index is 1.85. The summed E-state index contributed by atoms with van der Waals surface area (Å²) in [7, 11) is 0. The van der Waals surface area contributed by atoms with Gasteiger partial charge in [0.15, 0.2) is 0 Å². The minimum atomic E-state index is 0.672. The Kier molecular flexibility index (Phi) is 4.60. The lowest BCUT2D eigenvalue weighted by atomic mass is 9.83. The number of H-pyrrole nitrogens is 1. The number of nitrogens with one attached hydrogen (secondary N) is 2. The molecule has 1 fully saturated rings. The van der Waals surface area contributed by atoms with Crippen molar-refractivity contribution < 1.29 is 0 Å². The first kappa shape index (κ1) is 12.6. The van der Waals surface area contributed by atoms with E-state index in [0.717, 1.165) is 19.0 Å². The van der Waals surface area contributed by atoms with Gasteiger partial charge in [-0.3, -0.25) is 0 Å². The van der Waals surface area contributed by atoms with Gasteiger partial charge in [-0.2, -0.15) is 0 Å². The Morgan fingerprint density at radius 1 is 1.35 bits per heavy atom. The lowest BCUT2D eigenvalue weighted by molar-refractivity contribution is 0.340. The molecular weight excluding hydrogens is 210 g/mol. The van der Waals surface area contributed by atoms with Gasteiger partial charge in [0.1, 0.15) is 5.82 Å². The largest absolute Gasteiger partial charge is 0.345 e. The van der Waals surface area contributed by atoms with E-state index in [-0.39, 0.29) is 0 Å². The van der Waals surface area contributed by atoms with Crippen LogP contribution in [0.2, 0.25) is 0 Å². The number of hydrogen-bond donors (Lipinski definition) is 2. The number of aromatic nitrogens is 2. The van der Waals surface area contributed by atoms with Crippen LogP contribution in [-0.4, -0.2) is 16.5 Å². The van der Waals surface area contributed by atoms with Crippen molar-refractivity contribution in [3.63, 3.8) is 0 Å². The molecule has 0 radical (unpaired) electrons. The first-order valence-electron chi connectivity index (χ1n) is 7.04. The van der Waals surface area contributed by atoms with Gasteiger partial charge in [-0.05, 0) is 31.7 Å². The summed E-state index contributed by atoms with van der Waals surface area (Å²) < 4.78 is 0. The minimum absolute atomic E-state index is 0.672. The van der Waals surface area contributed by atoms with Crippen LogP contribution in [0.4, 0.5) is 0 Å². The van der Waals surface area contributed by atoms with E-state index in [2.05, 4.69) is 29.1 Å². The molecule has 0 aliphatic heterocycles. The van der Waals surface area contributed by atoms with E-state index in [1.165, 1.54) is 43.6 Å². The topological polar surface area (TPSA) is 40.7 Å². The van der Waals surface area contributed by atoms with E-state index in [1.807, 2.05) is 6.20 Å². The molecule has 0 unspecified atom stereocenters. The van der Waals surface area contributed by atoms with Crippen LogP contribution in [0.5, 0.6) is 0 Å². The molecule has 2 N–H and O–H groups in total. The third kappa shape index (κ3) is 3.56. The molecule has 1 aromatic rings. The van der Waals surface area contributed by atoms with Gasteiger partial charge in [-0.1, -0.05) is 26.7 Å². The summed E-state index contributed by atoms with van der Waals surface area (Å²) in [6, 6.07) is 0. The summed E-state index contributed by atoms with van der Waals surface area (Å²) in [5.41, 5.74) is 1.23. The molecule has 3 heteroatoms. The second kappa shape index (κ2) is 6.20. The first-order chi connectivity index (χ1) is 8.29. The Hall–Kier alpha value is -0.830. The zero-order chi connectivity index (χ0) is 12.1. The van der Waals surface area contributed by atoms with Gasteiger partial charge in [-0.15, -0.1) is 0 Å². The Bertz CT molecular complexity index is 324. The molecule has 96 valence electrons. The van der Waals surface area contributed by atoms with Crippen molar-refractivity contribution in [1.29, 1.82) is 0 Å². The van der Waals surface area contributed by atoms with Crippen LogP contribution in [0.3, 0.4) is 0 Å². The van der Waals surface area contributed by atoms with Crippen molar-refractivity contribution in [3.05, 3.63) is 17.7 Å². The van der Waals surface area contributed by atoms with Gasteiger partial charge in [0.2, 0.25) is 0 Å². The van der Waals surface area contributed by atoms with Crippen LogP contribution in [0.1, 0.15) is 63.4 Å². The normalized spacial score (nSPS) is 25.1. The second-order valence-corrected chi connectivity index (χ2v) is 5.43. The highest BCUT2D eigenvalue weighted by Crippen LogP contribution is 2.33. The molecular formula is C14H25N3. The summed E-state index contributed by atoms with van der Waals surface area (Å²) in [5, 5.41) is 3.40. The summed E-state index contributed by atoms with van der Waals surface area (Å²) >= 11 is 0. The summed E-state index contributed by atoms with van der Waals surface area (Å²) in [5.74, 6) is 2.79. The highest BCUT2D eigenvalue weighted by Gasteiger charge is 2.21. The third-order valence-corrected chi connectivity index (χ3v) is 3.79. The van der Waals surface area contributed by atoms with E-state index in [9.17, 15) is 0 Å². The highest BCUT2D eigenvalue weighted by molar-refractivity contribution is 5.06. The maximum atomic E-state index is 4.55. The molecule has 0 amide bonds. The standard InChI is InChI=1S/C14H25N3/c1-3-8-15-9-13-10-16-14(17-13)12-6-4-11(2)5-7-12/h10-12,15H,3-9H2,1-2H3,(H,16,17). The number of hydrogen-bond acceptors (Lipinski definition) is 2. The van der Waals surface area contributed by atoms with Gasteiger partial charge in [-0.25, -0.2) is 4.98 Å². The molecule has 2 rings (SSSR count).